The van der Waals surface area contributed by atoms with Gasteiger partial charge in [-0.3, -0.25) is 0 Å². The molecule has 2 N–H and O–H groups in total. The fraction of sp³-hybridized carbons (Fsp3) is 0.333. The van der Waals surface area contributed by atoms with E-state index in [0.29, 0.717) is 0 Å². The molecule has 4 rings (SSSR count). The predicted molar refractivity (Wildman–Crippen MR) is 123 cm³/mol. The van der Waals surface area contributed by atoms with Gasteiger partial charge in [-0.05, 0) is 48.2 Å². The summed E-state index contributed by atoms with van der Waals surface area (Å²) in [5.74, 6) is 0. The summed E-state index contributed by atoms with van der Waals surface area (Å²) < 4.78 is 28.9. The third kappa shape index (κ3) is 4.54. The molecule has 0 heterocycles. The highest BCUT2D eigenvalue weighted by molar-refractivity contribution is 7.89. The quantitative estimate of drug-likeness (QED) is 0.534. The van der Waals surface area contributed by atoms with Gasteiger partial charge < -0.3 is 5.32 Å². The molecule has 3 aromatic carbocycles. The molecule has 158 valence electrons. The number of hydrogen-bond acceptors (Lipinski definition) is 3. The van der Waals surface area contributed by atoms with Crippen molar-refractivity contribution in [2.24, 2.45) is 0 Å². The van der Waals surface area contributed by atoms with Crippen LogP contribution in [0.15, 0.2) is 71.6 Å². The molecule has 6 heteroatoms. The average Bonchev–Trinajstić information content (AvgIpc) is 2.74. The minimum Gasteiger partial charge on any atom is -0.306 e. The van der Waals surface area contributed by atoms with Gasteiger partial charge in [-0.15, -0.1) is 0 Å². The summed E-state index contributed by atoms with van der Waals surface area (Å²) in [6.07, 6.45) is 3.84. The molecule has 0 bridgehead atoms. The lowest BCUT2D eigenvalue weighted by Gasteiger charge is -2.35. The molecule has 1 saturated carbocycles. The van der Waals surface area contributed by atoms with E-state index in [1.807, 2.05) is 6.07 Å². The molecule has 3 aromatic rings. The zero-order chi connectivity index (χ0) is 21.1. The van der Waals surface area contributed by atoms with Crippen molar-refractivity contribution in [1.29, 1.82) is 0 Å². The molecule has 0 saturated heterocycles. The Labute approximate surface area is 183 Å². The van der Waals surface area contributed by atoms with Crippen LogP contribution in [0, 0.1) is 0 Å². The van der Waals surface area contributed by atoms with Gasteiger partial charge in [-0.1, -0.05) is 79.0 Å². The van der Waals surface area contributed by atoms with Gasteiger partial charge in [0.15, 0.2) is 0 Å². The molecular formula is C24H27ClN2O2S. The van der Waals surface area contributed by atoms with E-state index in [1.54, 1.807) is 24.3 Å². The topological polar surface area (TPSA) is 58.2 Å². The Balaban J connectivity index is 1.55. The number of benzene rings is 3. The zero-order valence-corrected chi connectivity index (χ0v) is 18.6. The fourth-order valence-electron chi connectivity index (χ4n) is 4.44. The molecule has 1 aliphatic rings. The van der Waals surface area contributed by atoms with Crippen molar-refractivity contribution >= 4 is 32.4 Å². The Hall–Kier alpha value is -1.92. The van der Waals surface area contributed by atoms with Crippen LogP contribution in [0.2, 0.25) is 5.02 Å². The van der Waals surface area contributed by atoms with Gasteiger partial charge in [0.05, 0.1) is 5.02 Å². The van der Waals surface area contributed by atoms with Crippen LogP contribution in [0.5, 0.6) is 0 Å². The van der Waals surface area contributed by atoms with Crippen molar-refractivity contribution in [3.05, 3.63) is 77.3 Å². The minimum atomic E-state index is -3.68. The molecule has 0 amide bonds. The number of hydrogen-bond donors (Lipinski definition) is 2. The molecular weight excluding hydrogens is 416 g/mol. The van der Waals surface area contributed by atoms with E-state index in [4.69, 9.17) is 11.6 Å². The SMILES string of the molecule is CC(N[C@H]1CCCCC1NS(=O)(=O)c1ccccc1Cl)c1cccc2ccccc12. The molecule has 0 aliphatic heterocycles. The Kier molecular flexibility index (Phi) is 6.44. The van der Waals surface area contributed by atoms with Gasteiger partial charge in [0.2, 0.25) is 10.0 Å². The summed E-state index contributed by atoms with van der Waals surface area (Å²) in [6, 6.07) is 21.3. The second-order valence-corrected chi connectivity index (χ2v) is 10.1. The second-order valence-electron chi connectivity index (χ2n) is 8.01. The maximum absolute atomic E-state index is 13.0. The number of nitrogens with one attached hydrogen (secondary N) is 2. The summed E-state index contributed by atoms with van der Waals surface area (Å²) in [4.78, 5) is 0.137. The molecule has 3 atom stereocenters. The van der Waals surface area contributed by atoms with Crippen LogP contribution in [-0.2, 0) is 10.0 Å². The lowest BCUT2D eigenvalue weighted by atomic mass is 9.89. The first kappa shape index (κ1) is 21.3. The fourth-order valence-corrected chi connectivity index (χ4v) is 6.27. The summed E-state index contributed by atoms with van der Waals surface area (Å²) in [6.45, 7) is 2.15. The van der Waals surface area contributed by atoms with E-state index in [-0.39, 0.29) is 28.0 Å². The van der Waals surface area contributed by atoms with Gasteiger partial charge in [-0.25, -0.2) is 13.1 Å². The molecule has 0 radical (unpaired) electrons. The van der Waals surface area contributed by atoms with Crippen molar-refractivity contribution in [2.45, 2.75) is 55.6 Å². The van der Waals surface area contributed by atoms with Gasteiger partial charge in [0.1, 0.15) is 4.90 Å². The molecule has 2 unspecified atom stereocenters. The van der Waals surface area contributed by atoms with Crippen molar-refractivity contribution in [3.8, 4) is 0 Å². The highest BCUT2D eigenvalue weighted by Crippen LogP contribution is 2.28. The van der Waals surface area contributed by atoms with Crippen molar-refractivity contribution < 1.29 is 8.42 Å². The molecule has 1 fully saturated rings. The summed E-state index contributed by atoms with van der Waals surface area (Å²) >= 11 is 6.15. The van der Waals surface area contributed by atoms with E-state index in [0.717, 1.165) is 25.7 Å². The van der Waals surface area contributed by atoms with Crippen LogP contribution >= 0.6 is 11.6 Å². The van der Waals surface area contributed by atoms with Crippen LogP contribution < -0.4 is 10.0 Å². The Morgan fingerprint density at radius 3 is 2.37 bits per heavy atom. The number of sulfonamides is 1. The first-order valence-electron chi connectivity index (χ1n) is 10.5. The standard InChI is InChI=1S/C24H27ClN2O2S/c1-17(19-12-8-10-18-9-2-3-11-20(18)19)26-22-14-5-6-15-23(22)27-30(28,29)24-16-7-4-13-21(24)25/h2-4,7-13,16-17,22-23,26-27H,5-6,14-15H2,1H3/t17?,22-,23?/m0/s1. The van der Waals surface area contributed by atoms with Crippen molar-refractivity contribution in [2.75, 3.05) is 0 Å². The van der Waals surface area contributed by atoms with Gasteiger partial charge in [0.25, 0.3) is 0 Å². The number of fused-ring (bicyclic) bond motifs is 1. The molecule has 30 heavy (non-hydrogen) atoms. The molecule has 4 nitrogen and oxygen atoms in total. The van der Waals surface area contributed by atoms with Crippen LogP contribution in [0.4, 0.5) is 0 Å². The summed E-state index contributed by atoms with van der Waals surface area (Å²) in [7, 11) is -3.68. The number of rotatable bonds is 6. The monoisotopic (exact) mass is 442 g/mol. The molecule has 1 aliphatic carbocycles. The summed E-state index contributed by atoms with van der Waals surface area (Å²) in [5, 5.41) is 6.39. The maximum Gasteiger partial charge on any atom is 0.242 e. The summed E-state index contributed by atoms with van der Waals surface area (Å²) in [5.41, 5.74) is 1.23. The second kappa shape index (κ2) is 9.06. The van der Waals surface area contributed by atoms with Crippen LogP contribution in [-0.4, -0.2) is 20.5 Å². The third-order valence-corrected chi connectivity index (χ3v) is 7.94. The predicted octanol–water partition coefficient (Wildman–Crippen LogP) is 5.43. The van der Waals surface area contributed by atoms with Crippen LogP contribution in [0.25, 0.3) is 10.8 Å². The van der Waals surface area contributed by atoms with Crippen molar-refractivity contribution in [3.63, 3.8) is 0 Å². The minimum absolute atomic E-state index is 0.0602. The highest BCUT2D eigenvalue weighted by atomic mass is 35.5. The van der Waals surface area contributed by atoms with Crippen LogP contribution in [0.3, 0.4) is 0 Å². The third-order valence-electron chi connectivity index (χ3n) is 5.95. The Morgan fingerprint density at radius 2 is 1.57 bits per heavy atom. The van der Waals surface area contributed by atoms with Gasteiger partial charge >= 0.3 is 0 Å². The lowest BCUT2D eigenvalue weighted by molar-refractivity contribution is 0.291. The molecule has 0 spiro atoms. The lowest BCUT2D eigenvalue weighted by Crippen LogP contribution is -2.52. The first-order chi connectivity index (χ1) is 14.5. The van der Waals surface area contributed by atoms with Crippen LogP contribution in [0.1, 0.15) is 44.2 Å². The first-order valence-corrected chi connectivity index (χ1v) is 12.3. The highest BCUT2D eigenvalue weighted by Gasteiger charge is 2.31. The van der Waals surface area contributed by atoms with Gasteiger partial charge in [-0.2, -0.15) is 0 Å². The van der Waals surface area contributed by atoms with Gasteiger partial charge in [0, 0.05) is 18.1 Å². The smallest absolute Gasteiger partial charge is 0.242 e. The molecule has 0 aromatic heterocycles. The largest absolute Gasteiger partial charge is 0.306 e. The van der Waals surface area contributed by atoms with E-state index in [2.05, 4.69) is 53.4 Å². The average molecular weight is 443 g/mol. The number of halogens is 1. The van der Waals surface area contributed by atoms with E-state index < -0.39 is 10.0 Å². The normalized spacial score (nSPS) is 20.9. The van der Waals surface area contributed by atoms with E-state index >= 15 is 0 Å². The van der Waals surface area contributed by atoms with E-state index in [9.17, 15) is 8.42 Å². The van der Waals surface area contributed by atoms with E-state index in [1.165, 1.54) is 16.3 Å². The Morgan fingerprint density at radius 1 is 0.900 bits per heavy atom. The maximum atomic E-state index is 13.0. The zero-order valence-electron chi connectivity index (χ0n) is 17.0. The Bertz CT molecular complexity index is 1130. The van der Waals surface area contributed by atoms with Crippen molar-refractivity contribution in [1.82, 2.24) is 10.0 Å².